The average Bonchev–Trinajstić information content (AvgIpc) is 2.71. The Morgan fingerprint density at radius 1 is 1.31 bits per heavy atom. The number of benzene rings is 1. The van der Waals surface area contributed by atoms with E-state index >= 15 is 0 Å². The lowest BCUT2D eigenvalue weighted by Crippen LogP contribution is -2.23. The van der Waals surface area contributed by atoms with Gasteiger partial charge < -0.3 is 9.47 Å². The van der Waals surface area contributed by atoms with Crippen LogP contribution in [0.1, 0.15) is 38.7 Å². The second kappa shape index (κ2) is 4.98. The first-order chi connectivity index (χ1) is 7.74. The van der Waals surface area contributed by atoms with Crippen LogP contribution < -0.4 is 0 Å². The third-order valence-corrected chi connectivity index (χ3v) is 3.11. The van der Waals surface area contributed by atoms with Gasteiger partial charge in [-0.3, -0.25) is 0 Å². The molecular weight excluding hydrogens is 200 g/mol. The third kappa shape index (κ3) is 2.45. The van der Waals surface area contributed by atoms with E-state index in [9.17, 15) is 0 Å². The molecule has 1 aliphatic rings. The van der Waals surface area contributed by atoms with Gasteiger partial charge in [0, 0.05) is 5.56 Å². The van der Waals surface area contributed by atoms with Crippen molar-refractivity contribution in [1.82, 2.24) is 0 Å². The van der Waals surface area contributed by atoms with E-state index in [4.69, 9.17) is 9.47 Å². The number of rotatable bonds is 4. The minimum atomic E-state index is -0.542. The quantitative estimate of drug-likeness (QED) is 0.773. The minimum Gasteiger partial charge on any atom is -0.343 e. The summed E-state index contributed by atoms with van der Waals surface area (Å²) >= 11 is 0. The van der Waals surface area contributed by atoms with Gasteiger partial charge in [-0.15, -0.1) is 0 Å². The lowest BCUT2D eigenvalue weighted by atomic mass is 10.1. The fraction of sp³-hybridized carbons (Fsp3) is 0.571. The Hall–Kier alpha value is -0.860. The summed E-state index contributed by atoms with van der Waals surface area (Å²) in [7, 11) is 0. The molecule has 2 heteroatoms. The van der Waals surface area contributed by atoms with E-state index < -0.39 is 5.79 Å². The summed E-state index contributed by atoms with van der Waals surface area (Å²) in [5.41, 5.74) is 1.11. The van der Waals surface area contributed by atoms with Crippen LogP contribution in [0.15, 0.2) is 30.3 Å². The highest BCUT2D eigenvalue weighted by atomic mass is 16.7. The Kier molecular flexibility index (Phi) is 3.62. The first-order valence-corrected chi connectivity index (χ1v) is 6.12. The van der Waals surface area contributed by atoms with Gasteiger partial charge in [0.25, 0.3) is 0 Å². The topological polar surface area (TPSA) is 18.5 Å². The molecule has 0 aromatic heterocycles. The van der Waals surface area contributed by atoms with Crippen molar-refractivity contribution in [2.24, 2.45) is 0 Å². The summed E-state index contributed by atoms with van der Waals surface area (Å²) in [6.45, 7) is 4.92. The van der Waals surface area contributed by atoms with Crippen LogP contribution in [-0.4, -0.2) is 12.7 Å². The lowest BCUT2D eigenvalue weighted by Gasteiger charge is -2.23. The second-order valence-electron chi connectivity index (χ2n) is 4.50. The average molecular weight is 220 g/mol. The van der Waals surface area contributed by atoms with Gasteiger partial charge in [0.2, 0.25) is 0 Å². The highest BCUT2D eigenvalue weighted by Gasteiger charge is 2.38. The van der Waals surface area contributed by atoms with Crippen molar-refractivity contribution >= 4 is 0 Å². The van der Waals surface area contributed by atoms with Gasteiger partial charge in [0.15, 0.2) is 5.79 Å². The molecule has 0 amide bonds. The maximum Gasteiger partial charge on any atom is 0.192 e. The van der Waals surface area contributed by atoms with Crippen molar-refractivity contribution in [3.63, 3.8) is 0 Å². The molecule has 2 nitrogen and oxygen atoms in total. The van der Waals surface area contributed by atoms with Gasteiger partial charge in [-0.2, -0.15) is 0 Å². The molecule has 2 rings (SSSR count). The zero-order valence-electron chi connectivity index (χ0n) is 10.1. The Balaban J connectivity index is 2.01. The standard InChI is InChI=1S/C14H20O2/c1-3-4-10-13-11-15-14(2,16-13)12-8-6-5-7-9-12/h5-9,13H,3-4,10-11H2,1-2H3. The van der Waals surface area contributed by atoms with Crippen molar-refractivity contribution in [2.75, 3.05) is 6.61 Å². The van der Waals surface area contributed by atoms with Gasteiger partial charge >= 0.3 is 0 Å². The van der Waals surface area contributed by atoms with E-state index in [1.807, 2.05) is 25.1 Å². The van der Waals surface area contributed by atoms with Crippen LogP contribution in [0, 0.1) is 0 Å². The zero-order valence-corrected chi connectivity index (χ0v) is 10.1. The van der Waals surface area contributed by atoms with Crippen molar-refractivity contribution in [3.05, 3.63) is 35.9 Å². The number of hydrogen-bond acceptors (Lipinski definition) is 2. The van der Waals surface area contributed by atoms with Crippen LogP contribution in [0.3, 0.4) is 0 Å². The summed E-state index contributed by atoms with van der Waals surface area (Å²) in [5, 5.41) is 0. The predicted molar refractivity (Wildman–Crippen MR) is 64.1 cm³/mol. The third-order valence-electron chi connectivity index (χ3n) is 3.11. The molecule has 1 fully saturated rings. The first kappa shape index (κ1) is 11.6. The molecule has 1 heterocycles. The normalized spacial score (nSPS) is 29.5. The van der Waals surface area contributed by atoms with Crippen molar-refractivity contribution in [2.45, 2.75) is 45.0 Å². The fourth-order valence-corrected chi connectivity index (χ4v) is 2.10. The Morgan fingerprint density at radius 2 is 2.06 bits per heavy atom. The molecule has 1 aromatic rings. The zero-order chi connectivity index (χ0) is 11.4. The van der Waals surface area contributed by atoms with E-state index in [0.29, 0.717) is 6.61 Å². The highest BCUT2D eigenvalue weighted by Crippen LogP contribution is 2.34. The number of unbranched alkanes of at least 4 members (excludes halogenated alkanes) is 1. The molecule has 0 aliphatic carbocycles. The smallest absolute Gasteiger partial charge is 0.192 e. The summed E-state index contributed by atoms with van der Waals surface area (Å²) in [6.07, 6.45) is 3.77. The SMILES string of the molecule is CCCCC1COC(C)(c2ccccc2)O1. The Morgan fingerprint density at radius 3 is 2.75 bits per heavy atom. The van der Waals surface area contributed by atoms with E-state index in [2.05, 4.69) is 19.1 Å². The van der Waals surface area contributed by atoms with Gasteiger partial charge in [-0.05, 0) is 13.3 Å². The van der Waals surface area contributed by atoms with Crippen molar-refractivity contribution < 1.29 is 9.47 Å². The Bertz CT molecular complexity index is 323. The molecule has 0 saturated carbocycles. The molecular formula is C14H20O2. The molecule has 0 N–H and O–H groups in total. The maximum absolute atomic E-state index is 6.01. The summed E-state index contributed by atoms with van der Waals surface area (Å²) in [6, 6.07) is 10.2. The minimum absolute atomic E-state index is 0.255. The van der Waals surface area contributed by atoms with E-state index in [0.717, 1.165) is 12.0 Å². The molecule has 1 aliphatic heterocycles. The van der Waals surface area contributed by atoms with Crippen molar-refractivity contribution in [1.29, 1.82) is 0 Å². The highest BCUT2D eigenvalue weighted by molar-refractivity contribution is 5.20. The van der Waals surface area contributed by atoms with E-state index in [-0.39, 0.29) is 6.10 Å². The number of hydrogen-bond donors (Lipinski definition) is 0. The maximum atomic E-state index is 6.01. The van der Waals surface area contributed by atoms with Crippen molar-refractivity contribution in [3.8, 4) is 0 Å². The van der Waals surface area contributed by atoms with Gasteiger partial charge in [-0.1, -0.05) is 50.1 Å². The molecule has 0 spiro atoms. The van der Waals surface area contributed by atoms with Crippen LogP contribution in [0.4, 0.5) is 0 Å². The van der Waals surface area contributed by atoms with Crippen LogP contribution in [0.5, 0.6) is 0 Å². The lowest BCUT2D eigenvalue weighted by molar-refractivity contribution is -0.162. The Labute approximate surface area is 97.6 Å². The fourth-order valence-electron chi connectivity index (χ4n) is 2.10. The summed E-state index contributed by atoms with van der Waals surface area (Å²) in [5.74, 6) is -0.542. The van der Waals surface area contributed by atoms with Crippen LogP contribution in [0.25, 0.3) is 0 Å². The van der Waals surface area contributed by atoms with Crippen LogP contribution in [-0.2, 0) is 15.3 Å². The molecule has 1 saturated heterocycles. The summed E-state index contributed by atoms with van der Waals surface area (Å²) in [4.78, 5) is 0. The van der Waals surface area contributed by atoms with Crippen LogP contribution in [0.2, 0.25) is 0 Å². The van der Waals surface area contributed by atoms with Gasteiger partial charge in [0.1, 0.15) is 0 Å². The largest absolute Gasteiger partial charge is 0.343 e. The molecule has 2 unspecified atom stereocenters. The second-order valence-corrected chi connectivity index (χ2v) is 4.50. The van der Waals surface area contributed by atoms with Gasteiger partial charge in [-0.25, -0.2) is 0 Å². The molecule has 0 radical (unpaired) electrons. The molecule has 1 aromatic carbocycles. The van der Waals surface area contributed by atoms with Gasteiger partial charge in [0.05, 0.1) is 12.7 Å². The van der Waals surface area contributed by atoms with E-state index in [1.165, 1.54) is 12.8 Å². The first-order valence-electron chi connectivity index (χ1n) is 6.12. The molecule has 2 atom stereocenters. The summed E-state index contributed by atoms with van der Waals surface area (Å²) < 4.78 is 11.8. The predicted octanol–water partition coefficient (Wildman–Crippen LogP) is 3.46. The monoisotopic (exact) mass is 220 g/mol. The van der Waals surface area contributed by atoms with Crippen LogP contribution >= 0.6 is 0 Å². The number of ether oxygens (including phenoxy) is 2. The van der Waals surface area contributed by atoms with E-state index in [1.54, 1.807) is 0 Å². The molecule has 0 bridgehead atoms. The molecule has 16 heavy (non-hydrogen) atoms. The molecule has 88 valence electrons.